The number of anilines is 1. The third-order valence-corrected chi connectivity index (χ3v) is 6.85. The normalized spacial score (nSPS) is 22.6. The molecule has 1 N–H and O–H groups in total. The van der Waals surface area contributed by atoms with Crippen LogP contribution in [0.25, 0.3) is 0 Å². The Bertz CT molecular complexity index is 772. The van der Waals surface area contributed by atoms with Gasteiger partial charge in [0.2, 0.25) is 5.91 Å². The van der Waals surface area contributed by atoms with Crippen LogP contribution in [-0.4, -0.2) is 96.0 Å². The highest BCUT2D eigenvalue weighted by Gasteiger charge is 2.39. The van der Waals surface area contributed by atoms with Crippen molar-refractivity contribution in [1.82, 2.24) is 24.9 Å². The molecule has 0 unspecified atom stereocenters. The van der Waals surface area contributed by atoms with Crippen LogP contribution in [0.2, 0.25) is 0 Å². The van der Waals surface area contributed by atoms with Crippen LogP contribution in [0, 0.1) is 0 Å². The van der Waals surface area contributed by atoms with Crippen LogP contribution in [0.4, 0.5) is 5.69 Å². The van der Waals surface area contributed by atoms with Crippen molar-refractivity contribution in [2.24, 2.45) is 12.0 Å². The molecule has 32 heavy (non-hydrogen) atoms. The van der Waals surface area contributed by atoms with E-state index >= 15 is 0 Å². The van der Waals surface area contributed by atoms with E-state index in [0.717, 1.165) is 57.6 Å². The fourth-order valence-electron chi connectivity index (χ4n) is 5.14. The average molecular weight is 559 g/mol. The van der Waals surface area contributed by atoms with Crippen LogP contribution >= 0.6 is 24.0 Å². The number of halogens is 1. The number of hydrogen-bond donors (Lipinski definition) is 1. The first-order chi connectivity index (χ1) is 15.1. The van der Waals surface area contributed by atoms with E-state index in [1.807, 2.05) is 18.1 Å². The lowest BCUT2D eigenvalue weighted by molar-refractivity contribution is -0.120. The molecule has 180 valence electrons. The summed E-state index contributed by atoms with van der Waals surface area (Å²) in [5.41, 5.74) is 0.993. The van der Waals surface area contributed by atoms with Gasteiger partial charge < -0.3 is 19.9 Å². The number of amides is 1. The molecule has 0 spiro atoms. The van der Waals surface area contributed by atoms with Gasteiger partial charge >= 0.3 is 0 Å². The van der Waals surface area contributed by atoms with E-state index in [2.05, 4.69) is 27.1 Å². The topological polar surface area (TPSA) is 78.2 Å². The number of nitrogens with one attached hydrogen (secondary N) is 1. The number of ether oxygens (including phenoxy) is 1. The number of carbonyl (C=O) groups excluding carboxylic acids is 1. The Morgan fingerprint density at radius 2 is 1.94 bits per heavy atom. The lowest BCUT2D eigenvalue weighted by atomic mass is 9.80. The average Bonchev–Trinajstić information content (AvgIpc) is 3.23. The van der Waals surface area contributed by atoms with Crippen molar-refractivity contribution in [3.8, 4) is 0 Å². The van der Waals surface area contributed by atoms with E-state index in [9.17, 15) is 4.79 Å². The number of carbonyl (C=O) groups is 1. The summed E-state index contributed by atoms with van der Waals surface area (Å²) >= 11 is 0. The molecule has 2 aliphatic heterocycles. The van der Waals surface area contributed by atoms with Gasteiger partial charge in [-0.2, -0.15) is 5.10 Å². The summed E-state index contributed by atoms with van der Waals surface area (Å²) in [6.45, 7) is 9.02. The molecule has 1 aliphatic carbocycles. The van der Waals surface area contributed by atoms with Gasteiger partial charge in [-0.3, -0.25) is 19.4 Å². The summed E-state index contributed by atoms with van der Waals surface area (Å²) < 4.78 is 7.34. The van der Waals surface area contributed by atoms with Crippen LogP contribution in [0.5, 0.6) is 0 Å². The van der Waals surface area contributed by atoms with Gasteiger partial charge in [-0.25, -0.2) is 0 Å². The number of guanidine groups is 1. The molecule has 0 aromatic carbocycles. The zero-order valence-electron chi connectivity index (χ0n) is 19.5. The number of aromatic nitrogens is 2. The number of piperazine rings is 1. The van der Waals surface area contributed by atoms with E-state index in [1.165, 1.54) is 32.1 Å². The van der Waals surface area contributed by atoms with Crippen LogP contribution in [-0.2, 0) is 16.6 Å². The summed E-state index contributed by atoms with van der Waals surface area (Å²) in [7, 11) is 1.87. The van der Waals surface area contributed by atoms with Crippen LogP contribution in [0.1, 0.15) is 39.0 Å². The van der Waals surface area contributed by atoms with Crippen molar-refractivity contribution < 1.29 is 9.53 Å². The fourth-order valence-corrected chi connectivity index (χ4v) is 5.14. The van der Waals surface area contributed by atoms with Crippen molar-refractivity contribution in [2.75, 3.05) is 63.9 Å². The minimum absolute atomic E-state index is 0. The third kappa shape index (κ3) is 5.74. The molecule has 4 rings (SSSR count). The van der Waals surface area contributed by atoms with E-state index in [0.29, 0.717) is 13.1 Å². The highest BCUT2D eigenvalue weighted by molar-refractivity contribution is 14.0. The third-order valence-electron chi connectivity index (χ3n) is 6.85. The van der Waals surface area contributed by atoms with E-state index in [1.54, 1.807) is 10.9 Å². The molecule has 1 aromatic rings. The Balaban J connectivity index is 0.00000289. The van der Waals surface area contributed by atoms with E-state index in [-0.39, 0.29) is 35.4 Å². The number of aliphatic imine (C=N–C) groups is 1. The van der Waals surface area contributed by atoms with Gasteiger partial charge in [0.25, 0.3) is 0 Å². The molecular weight excluding hydrogens is 521 g/mol. The maximum atomic E-state index is 12.9. The number of rotatable bonds is 5. The zero-order chi connectivity index (χ0) is 21.7. The second kappa shape index (κ2) is 11.6. The first-order valence-electron chi connectivity index (χ1n) is 11.8. The summed E-state index contributed by atoms with van der Waals surface area (Å²) in [4.78, 5) is 24.5. The van der Waals surface area contributed by atoms with Gasteiger partial charge in [0.15, 0.2) is 5.96 Å². The Morgan fingerprint density at radius 3 is 2.56 bits per heavy atom. The minimum Gasteiger partial charge on any atom is -0.379 e. The highest BCUT2D eigenvalue weighted by atomic mass is 127. The fraction of sp³-hybridized carbons (Fsp3) is 0.773. The van der Waals surface area contributed by atoms with Crippen molar-refractivity contribution in [3.63, 3.8) is 0 Å². The molecule has 9 nitrogen and oxygen atoms in total. The predicted octanol–water partition coefficient (Wildman–Crippen LogP) is 1.69. The minimum atomic E-state index is 0. The van der Waals surface area contributed by atoms with Crippen molar-refractivity contribution in [3.05, 3.63) is 12.4 Å². The first-order valence-corrected chi connectivity index (χ1v) is 11.8. The standard InChI is InChI=1S/C22H37N7O2.HI/c1-3-23-21(27-9-10-29(20(30)17-27)19-15-25-26(2)16-19)24-18-22(7-5-4-6-8-22)28-11-13-31-14-12-28;/h15-16H,3-14,17-18H2,1-2H3,(H,23,24);1H. The van der Waals surface area contributed by atoms with Gasteiger partial charge in [-0.15, -0.1) is 24.0 Å². The van der Waals surface area contributed by atoms with E-state index in [4.69, 9.17) is 9.73 Å². The number of hydrogen-bond acceptors (Lipinski definition) is 5. The number of morpholine rings is 1. The lowest BCUT2D eigenvalue weighted by Crippen LogP contribution is -2.58. The molecule has 1 amide bonds. The molecule has 10 heteroatoms. The highest BCUT2D eigenvalue weighted by Crippen LogP contribution is 2.34. The molecule has 0 bridgehead atoms. The molecule has 3 aliphatic rings. The number of aryl methyl sites for hydroxylation is 1. The predicted molar refractivity (Wildman–Crippen MR) is 137 cm³/mol. The second-order valence-corrected chi connectivity index (χ2v) is 8.89. The first kappa shape index (κ1) is 25.2. The van der Waals surface area contributed by atoms with Crippen molar-refractivity contribution in [2.45, 2.75) is 44.6 Å². The largest absolute Gasteiger partial charge is 0.379 e. The Labute approximate surface area is 208 Å². The van der Waals surface area contributed by atoms with Gasteiger partial charge in [-0.05, 0) is 19.8 Å². The second-order valence-electron chi connectivity index (χ2n) is 8.89. The maximum absolute atomic E-state index is 12.9. The van der Waals surface area contributed by atoms with E-state index < -0.39 is 0 Å². The van der Waals surface area contributed by atoms with Crippen LogP contribution in [0.15, 0.2) is 17.4 Å². The number of nitrogens with zero attached hydrogens (tertiary/aromatic N) is 6. The maximum Gasteiger partial charge on any atom is 0.246 e. The molecule has 1 aromatic heterocycles. The quantitative estimate of drug-likeness (QED) is 0.336. The smallest absolute Gasteiger partial charge is 0.246 e. The molecule has 0 atom stereocenters. The molecular formula is C22H38IN7O2. The summed E-state index contributed by atoms with van der Waals surface area (Å²) in [5, 5.41) is 7.64. The molecule has 2 saturated heterocycles. The molecule has 3 heterocycles. The molecule has 0 radical (unpaired) electrons. The SMILES string of the molecule is CCNC(=NCC1(N2CCOCC2)CCCCC1)N1CCN(c2cnn(C)c2)C(=O)C1.I. The Morgan fingerprint density at radius 1 is 1.19 bits per heavy atom. The Hall–Kier alpha value is -1.40. The van der Waals surface area contributed by atoms with Crippen molar-refractivity contribution >= 4 is 41.5 Å². The summed E-state index contributed by atoms with van der Waals surface area (Å²) in [5.74, 6) is 0.949. The van der Waals surface area contributed by atoms with Gasteiger partial charge in [0.1, 0.15) is 6.54 Å². The molecule has 3 fully saturated rings. The van der Waals surface area contributed by atoms with Gasteiger partial charge in [-0.1, -0.05) is 19.3 Å². The summed E-state index contributed by atoms with van der Waals surface area (Å²) in [6.07, 6.45) is 9.90. The van der Waals surface area contributed by atoms with Gasteiger partial charge in [0, 0.05) is 51.5 Å². The lowest BCUT2D eigenvalue weighted by Gasteiger charge is -2.47. The van der Waals surface area contributed by atoms with Gasteiger partial charge in [0.05, 0.1) is 31.6 Å². The monoisotopic (exact) mass is 559 g/mol. The summed E-state index contributed by atoms with van der Waals surface area (Å²) in [6, 6.07) is 0. The van der Waals surface area contributed by atoms with Crippen LogP contribution < -0.4 is 10.2 Å². The zero-order valence-corrected chi connectivity index (χ0v) is 21.8. The van der Waals surface area contributed by atoms with Crippen molar-refractivity contribution in [1.29, 1.82) is 0 Å². The molecule has 1 saturated carbocycles. The van der Waals surface area contributed by atoms with Crippen LogP contribution in [0.3, 0.4) is 0 Å². The Kier molecular flexibility index (Phi) is 9.18.